The Hall–Kier alpha value is -2.03. The third kappa shape index (κ3) is 41.6. The standard InChI is InChI=1S/C46H84NO8P/c1-6-8-10-12-14-16-18-20-21-22-23-24-25-27-28-30-32-34-36-38-45(48)52-42-44(43-54-56(50,51)53-41-40-47(3,4)5)55-46(49)39-37-35-33-31-29-26-19-17-15-13-11-9-7-2/h9,11,13,15,17,19,22-23,44H,6-8,10,12,14,16,18,20-21,24-43H2,1-5H3/b11-9+,15-13+,19-17+,23-22+. The van der Waals surface area contributed by atoms with Gasteiger partial charge in [-0.1, -0.05) is 159 Å². The molecular weight excluding hydrogens is 725 g/mol. The quantitative estimate of drug-likeness (QED) is 0.0150. The Morgan fingerprint density at radius 2 is 1.04 bits per heavy atom. The second kappa shape index (κ2) is 38.5. The van der Waals surface area contributed by atoms with Crippen LogP contribution in [0.15, 0.2) is 48.6 Å². The van der Waals surface area contributed by atoms with E-state index >= 15 is 0 Å². The Balaban J connectivity index is 4.33. The lowest BCUT2D eigenvalue weighted by molar-refractivity contribution is -0.870. The third-order valence-electron chi connectivity index (χ3n) is 9.39. The molecule has 0 amide bonds. The van der Waals surface area contributed by atoms with E-state index in [2.05, 4.69) is 44.2 Å². The van der Waals surface area contributed by atoms with Crippen LogP contribution < -0.4 is 4.89 Å². The van der Waals surface area contributed by atoms with Gasteiger partial charge in [-0.25, -0.2) is 0 Å². The molecule has 0 aliphatic heterocycles. The van der Waals surface area contributed by atoms with Gasteiger partial charge in [-0.3, -0.25) is 14.2 Å². The fourth-order valence-corrected chi connectivity index (χ4v) is 6.61. The highest BCUT2D eigenvalue weighted by molar-refractivity contribution is 7.45. The molecule has 10 heteroatoms. The molecule has 0 aromatic carbocycles. The SMILES string of the molecule is CC/C=C/C=C/C=C/CCCCCCCC(=O)OC(COC(=O)CCCCCCCCC/C=C/CCCCCCCCCC)COP(=O)([O-])OCC[N+](C)(C)C. The van der Waals surface area contributed by atoms with E-state index in [1.54, 1.807) is 0 Å². The number of phosphoric ester groups is 1. The van der Waals surface area contributed by atoms with Gasteiger partial charge in [0.05, 0.1) is 27.7 Å². The number of allylic oxidation sites excluding steroid dienone is 8. The van der Waals surface area contributed by atoms with Crippen molar-refractivity contribution in [3.63, 3.8) is 0 Å². The number of nitrogens with zero attached hydrogens (tertiary/aromatic N) is 1. The normalized spacial score (nSPS) is 14.0. The molecule has 0 heterocycles. The summed E-state index contributed by atoms with van der Waals surface area (Å²) in [6, 6.07) is 0. The molecule has 0 rings (SSSR count). The molecule has 0 aliphatic carbocycles. The topological polar surface area (TPSA) is 111 Å². The summed E-state index contributed by atoms with van der Waals surface area (Å²) < 4.78 is 33.9. The minimum Gasteiger partial charge on any atom is -0.756 e. The lowest BCUT2D eigenvalue weighted by Gasteiger charge is -2.28. The fourth-order valence-electron chi connectivity index (χ4n) is 5.88. The lowest BCUT2D eigenvalue weighted by atomic mass is 10.1. The highest BCUT2D eigenvalue weighted by Crippen LogP contribution is 2.38. The molecule has 56 heavy (non-hydrogen) atoms. The maximum atomic E-state index is 12.6. The highest BCUT2D eigenvalue weighted by atomic mass is 31.2. The van der Waals surface area contributed by atoms with Gasteiger partial charge < -0.3 is 27.9 Å². The number of ether oxygens (including phenoxy) is 2. The van der Waals surface area contributed by atoms with Crippen LogP contribution in [0.5, 0.6) is 0 Å². The number of phosphoric acid groups is 1. The van der Waals surface area contributed by atoms with Crippen molar-refractivity contribution >= 4 is 19.8 Å². The minimum atomic E-state index is -4.63. The van der Waals surface area contributed by atoms with Crippen molar-refractivity contribution in [1.82, 2.24) is 0 Å². The third-order valence-corrected chi connectivity index (χ3v) is 10.4. The molecule has 0 saturated heterocycles. The molecule has 0 radical (unpaired) electrons. The smallest absolute Gasteiger partial charge is 0.306 e. The van der Waals surface area contributed by atoms with E-state index in [9.17, 15) is 19.0 Å². The van der Waals surface area contributed by atoms with Gasteiger partial charge in [0.2, 0.25) is 0 Å². The Morgan fingerprint density at radius 3 is 1.55 bits per heavy atom. The molecule has 0 aromatic rings. The maximum Gasteiger partial charge on any atom is 0.306 e. The molecule has 326 valence electrons. The number of quaternary nitrogens is 1. The van der Waals surface area contributed by atoms with Gasteiger partial charge in [0.15, 0.2) is 6.10 Å². The van der Waals surface area contributed by atoms with Crippen molar-refractivity contribution in [2.45, 2.75) is 187 Å². The fraction of sp³-hybridized carbons (Fsp3) is 0.783. The molecule has 0 spiro atoms. The molecule has 0 bridgehead atoms. The van der Waals surface area contributed by atoms with E-state index in [4.69, 9.17) is 18.5 Å². The van der Waals surface area contributed by atoms with E-state index in [1.807, 2.05) is 39.4 Å². The largest absolute Gasteiger partial charge is 0.756 e. The number of carbonyl (C=O) groups is 2. The average Bonchev–Trinajstić information content (AvgIpc) is 3.15. The van der Waals surface area contributed by atoms with Gasteiger partial charge in [-0.2, -0.15) is 0 Å². The van der Waals surface area contributed by atoms with Crippen LogP contribution in [0.3, 0.4) is 0 Å². The van der Waals surface area contributed by atoms with Gasteiger partial charge >= 0.3 is 11.9 Å². The van der Waals surface area contributed by atoms with E-state index in [-0.39, 0.29) is 26.1 Å². The van der Waals surface area contributed by atoms with E-state index < -0.39 is 32.5 Å². The predicted molar refractivity (Wildman–Crippen MR) is 231 cm³/mol. The highest BCUT2D eigenvalue weighted by Gasteiger charge is 2.21. The molecule has 0 fully saturated rings. The van der Waals surface area contributed by atoms with Crippen molar-refractivity contribution in [3.05, 3.63) is 48.6 Å². The molecule has 0 saturated carbocycles. The van der Waals surface area contributed by atoms with Crippen LogP contribution in [0.4, 0.5) is 0 Å². The predicted octanol–water partition coefficient (Wildman–Crippen LogP) is 12.1. The second-order valence-corrected chi connectivity index (χ2v) is 17.5. The molecule has 0 aromatic heterocycles. The minimum absolute atomic E-state index is 0.0372. The zero-order valence-corrected chi connectivity index (χ0v) is 37.5. The molecule has 2 unspecified atom stereocenters. The van der Waals surface area contributed by atoms with Crippen LogP contribution in [0.2, 0.25) is 0 Å². The van der Waals surface area contributed by atoms with Gasteiger partial charge in [-0.05, 0) is 57.8 Å². The molecular formula is C46H84NO8P. The van der Waals surface area contributed by atoms with E-state index in [1.165, 1.54) is 77.0 Å². The zero-order valence-electron chi connectivity index (χ0n) is 36.6. The first-order valence-electron chi connectivity index (χ1n) is 22.4. The number of esters is 2. The Morgan fingerprint density at radius 1 is 0.571 bits per heavy atom. The molecule has 2 atom stereocenters. The summed E-state index contributed by atoms with van der Waals surface area (Å²) in [6.07, 6.45) is 44.3. The zero-order chi connectivity index (χ0) is 41.4. The van der Waals surface area contributed by atoms with Crippen molar-refractivity contribution in [1.29, 1.82) is 0 Å². The summed E-state index contributed by atoms with van der Waals surface area (Å²) in [5.74, 6) is -0.864. The summed E-state index contributed by atoms with van der Waals surface area (Å²) in [7, 11) is 1.14. The molecule has 0 N–H and O–H groups in total. The number of rotatable bonds is 40. The second-order valence-electron chi connectivity index (χ2n) is 16.1. The Bertz CT molecular complexity index is 1100. The lowest BCUT2D eigenvalue weighted by Crippen LogP contribution is -2.37. The van der Waals surface area contributed by atoms with Crippen molar-refractivity contribution in [2.24, 2.45) is 0 Å². The Labute approximate surface area is 343 Å². The van der Waals surface area contributed by atoms with E-state index in [0.29, 0.717) is 17.4 Å². The van der Waals surface area contributed by atoms with Crippen LogP contribution in [-0.4, -0.2) is 70.0 Å². The summed E-state index contributed by atoms with van der Waals surface area (Å²) >= 11 is 0. The van der Waals surface area contributed by atoms with Crippen LogP contribution in [0.25, 0.3) is 0 Å². The van der Waals surface area contributed by atoms with Gasteiger partial charge in [-0.15, -0.1) is 0 Å². The van der Waals surface area contributed by atoms with Gasteiger partial charge in [0.25, 0.3) is 7.82 Å². The first kappa shape index (κ1) is 54.0. The number of unbranched alkanes of at least 4 members (excludes halogenated alkanes) is 20. The van der Waals surface area contributed by atoms with Gasteiger partial charge in [0.1, 0.15) is 19.8 Å². The summed E-state index contributed by atoms with van der Waals surface area (Å²) in [4.78, 5) is 37.5. The van der Waals surface area contributed by atoms with E-state index in [0.717, 1.165) is 70.6 Å². The number of hydrogen-bond acceptors (Lipinski definition) is 8. The first-order valence-corrected chi connectivity index (χ1v) is 23.8. The van der Waals surface area contributed by atoms with Crippen molar-refractivity contribution in [3.8, 4) is 0 Å². The van der Waals surface area contributed by atoms with Gasteiger partial charge in [0, 0.05) is 12.8 Å². The Kier molecular flexibility index (Phi) is 37.1. The van der Waals surface area contributed by atoms with Crippen molar-refractivity contribution < 1.29 is 42.1 Å². The summed E-state index contributed by atoms with van der Waals surface area (Å²) in [6.45, 7) is 4.06. The first-order chi connectivity index (χ1) is 27.0. The molecule has 0 aliphatic rings. The number of likely N-dealkylation sites (N-methyl/N-ethyl adjacent to an activating group) is 1. The molecule has 9 nitrogen and oxygen atoms in total. The van der Waals surface area contributed by atoms with Crippen LogP contribution in [0, 0.1) is 0 Å². The maximum absolute atomic E-state index is 12.6. The number of hydrogen-bond donors (Lipinski definition) is 0. The average molecular weight is 810 g/mol. The monoisotopic (exact) mass is 810 g/mol. The van der Waals surface area contributed by atoms with Crippen molar-refractivity contribution in [2.75, 3.05) is 47.5 Å². The van der Waals surface area contributed by atoms with Crippen LogP contribution in [-0.2, 0) is 32.7 Å². The number of carbonyl (C=O) groups excluding carboxylic acids is 2. The van der Waals surface area contributed by atoms with Crippen LogP contribution >= 0.6 is 7.82 Å². The van der Waals surface area contributed by atoms with Crippen LogP contribution in [0.1, 0.15) is 181 Å². The summed E-state index contributed by atoms with van der Waals surface area (Å²) in [5.41, 5.74) is 0. The summed E-state index contributed by atoms with van der Waals surface area (Å²) in [5, 5.41) is 0.